The zero-order valence-electron chi connectivity index (χ0n) is 10.1. The molecule has 1 fully saturated rings. The van der Waals surface area contributed by atoms with Gasteiger partial charge in [-0.3, -0.25) is 0 Å². The van der Waals surface area contributed by atoms with Crippen molar-refractivity contribution in [1.29, 1.82) is 0 Å². The molecule has 1 nitrogen and oxygen atoms in total. The molecule has 1 saturated heterocycles. The molecule has 0 unspecified atom stereocenters. The molecule has 0 aromatic heterocycles. The van der Waals surface area contributed by atoms with Gasteiger partial charge in [0.2, 0.25) is 0 Å². The van der Waals surface area contributed by atoms with Gasteiger partial charge in [0.1, 0.15) is 0 Å². The molecular formula is C12H26InN. The summed E-state index contributed by atoms with van der Waals surface area (Å²) in [5.41, 5.74) is 0. The van der Waals surface area contributed by atoms with E-state index >= 15 is 0 Å². The average molecular weight is 299 g/mol. The summed E-state index contributed by atoms with van der Waals surface area (Å²) in [6.07, 6.45) is 5.84. The first-order valence-electron chi connectivity index (χ1n) is 6.59. The van der Waals surface area contributed by atoms with Crippen LogP contribution >= 0.6 is 0 Å². The Morgan fingerprint density at radius 3 is 2.00 bits per heavy atom. The van der Waals surface area contributed by atoms with Gasteiger partial charge in [0.15, 0.2) is 0 Å². The number of rotatable bonds is 7. The van der Waals surface area contributed by atoms with Crippen LogP contribution in [0.25, 0.3) is 0 Å². The van der Waals surface area contributed by atoms with Crippen molar-refractivity contribution >= 4 is 21.4 Å². The second kappa shape index (κ2) is 8.04. The molecule has 82 valence electrons. The normalized spacial score (nSPS) is 16.9. The summed E-state index contributed by atoms with van der Waals surface area (Å²) in [7, 11) is 0. The van der Waals surface area contributed by atoms with Gasteiger partial charge in [-0.2, -0.15) is 0 Å². The Labute approximate surface area is 97.8 Å². The van der Waals surface area contributed by atoms with E-state index in [0.29, 0.717) is 0 Å². The third-order valence-corrected chi connectivity index (χ3v) is 13.5. The van der Waals surface area contributed by atoms with E-state index in [1.807, 2.05) is 0 Å². The summed E-state index contributed by atoms with van der Waals surface area (Å²) in [5.74, 6) is 0. The van der Waals surface area contributed by atoms with Crippen molar-refractivity contribution in [2.45, 2.75) is 52.1 Å². The minimum absolute atomic E-state index is 0.889. The molecule has 2 heteroatoms. The molecule has 0 radical (unpaired) electrons. The molecule has 0 bridgehead atoms. The standard InChI is InChI=1S/C8H18N.C4H8.In/c1-4-7-9(6-3)8-5-2;1-3-4-2;/h3-8H2,1-2H3;1-4H2;. The predicted molar refractivity (Wildman–Crippen MR) is 66.4 cm³/mol. The summed E-state index contributed by atoms with van der Waals surface area (Å²) < 4.78 is 5.10. The Morgan fingerprint density at radius 2 is 1.50 bits per heavy atom. The van der Waals surface area contributed by atoms with Crippen molar-refractivity contribution in [3.05, 3.63) is 0 Å². The van der Waals surface area contributed by atoms with Crippen molar-refractivity contribution in [1.82, 2.24) is 4.90 Å². The van der Waals surface area contributed by atoms with E-state index in [4.69, 9.17) is 0 Å². The second-order valence-electron chi connectivity index (χ2n) is 4.78. The molecule has 14 heavy (non-hydrogen) atoms. The van der Waals surface area contributed by atoms with Gasteiger partial charge < -0.3 is 0 Å². The number of hydrogen-bond acceptors (Lipinski definition) is 1. The van der Waals surface area contributed by atoms with Crippen LogP contribution in [0.15, 0.2) is 0 Å². The minimum atomic E-state index is -0.889. The zero-order valence-corrected chi connectivity index (χ0v) is 13.4. The molecule has 1 rings (SSSR count). The van der Waals surface area contributed by atoms with Crippen molar-refractivity contribution in [3.8, 4) is 0 Å². The summed E-state index contributed by atoms with van der Waals surface area (Å²) in [6.45, 7) is 8.74. The fourth-order valence-corrected chi connectivity index (χ4v) is 12.1. The van der Waals surface area contributed by atoms with Gasteiger partial charge in [0.05, 0.1) is 0 Å². The van der Waals surface area contributed by atoms with Gasteiger partial charge in [-0.1, -0.05) is 0 Å². The van der Waals surface area contributed by atoms with Gasteiger partial charge in [-0.05, 0) is 0 Å². The summed E-state index contributed by atoms with van der Waals surface area (Å²) in [4.78, 5) is 2.70. The van der Waals surface area contributed by atoms with E-state index in [1.165, 1.54) is 32.5 Å². The summed E-state index contributed by atoms with van der Waals surface area (Å²) in [5, 5.41) is 0. The maximum atomic E-state index is 2.70. The topological polar surface area (TPSA) is 3.24 Å². The van der Waals surface area contributed by atoms with E-state index in [-0.39, 0.29) is 0 Å². The van der Waals surface area contributed by atoms with Crippen molar-refractivity contribution in [2.75, 3.05) is 19.6 Å². The molecule has 0 amide bonds. The molecule has 0 aliphatic carbocycles. The molecule has 0 spiro atoms. The Morgan fingerprint density at radius 1 is 0.929 bits per heavy atom. The molecule has 0 N–H and O–H groups in total. The molecule has 0 aromatic carbocycles. The van der Waals surface area contributed by atoms with Crippen LogP contribution in [-0.4, -0.2) is 46.0 Å². The Hall–Kier alpha value is 0.830. The Bertz CT molecular complexity index is 126. The maximum absolute atomic E-state index is 2.70. The average Bonchev–Trinajstić information content (AvgIpc) is 2.67. The third-order valence-electron chi connectivity index (χ3n) is 3.41. The van der Waals surface area contributed by atoms with Gasteiger partial charge in [-0.15, -0.1) is 0 Å². The van der Waals surface area contributed by atoms with E-state index in [1.54, 1.807) is 25.4 Å². The molecule has 0 atom stereocenters. The van der Waals surface area contributed by atoms with Crippen molar-refractivity contribution in [2.24, 2.45) is 0 Å². The fourth-order valence-electron chi connectivity index (χ4n) is 2.63. The van der Waals surface area contributed by atoms with Crippen LogP contribution in [0.2, 0.25) is 12.5 Å². The fraction of sp³-hybridized carbons (Fsp3) is 1.00. The summed E-state index contributed by atoms with van der Waals surface area (Å²) in [6, 6.07) is 0. The van der Waals surface area contributed by atoms with Gasteiger partial charge in [0.25, 0.3) is 0 Å². The first kappa shape index (κ1) is 12.9. The quantitative estimate of drug-likeness (QED) is 0.696. The monoisotopic (exact) mass is 299 g/mol. The van der Waals surface area contributed by atoms with E-state index in [9.17, 15) is 0 Å². The van der Waals surface area contributed by atoms with Crippen LogP contribution in [0.1, 0.15) is 39.5 Å². The molecule has 0 saturated carbocycles. The SMILES string of the molecule is CCCN(CCC)C[CH2][In]1[CH2]CC[CH2]1. The van der Waals surface area contributed by atoms with Crippen LogP contribution in [0.5, 0.6) is 0 Å². The van der Waals surface area contributed by atoms with Crippen molar-refractivity contribution < 1.29 is 0 Å². The third kappa shape index (κ3) is 5.06. The Kier molecular flexibility index (Phi) is 7.40. The van der Waals surface area contributed by atoms with Gasteiger partial charge in [0, 0.05) is 0 Å². The van der Waals surface area contributed by atoms with Crippen LogP contribution in [0, 0.1) is 0 Å². The van der Waals surface area contributed by atoms with Crippen LogP contribution < -0.4 is 0 Å². The zero-order chi connectivity index (χ0) is 10.2. The van der Waals surface area contributed by atoms with E-state index < -0.39 is 21.4 Å². The van der Waals surface area contributed by atoms with Gasteiger partial charge in [-0.25, -0.2) is 0 Å². The molecule has 0 aromatic rings. The molecule has 1 heterocycles. The number of hydrogen-bond donors (Lipinski definition) is 0. The summed E-state index contributed by atoms with van der Waals surface area (Å²) >= 11 is -0.889. The predicted octanol–water partition coefficient (Wildman–Crippen LogP) is 3.40. The molecule has 1 aliphatic heterocycles. The van der Waals surface area contributed by atoms with Crippen molar-refractivity contribution in [3.63, 3.8) is 0 Å². The van der Waals surface area contributed by atoms with E-state index in [2.05, 4.69) is 18.7 Å². The second-order valence-corrected chi connectivity index (χ2v) is 14.7. The molecular weight excluding hydrogens is 273 g/mol. The first-order chi connectivity index (χ1) is 6.86. The van der Waals surface area contributed by atoms with Crippen LogP contribution in [-0.2, 0) is 0 Å². The van der Waals surface area contributed by atoms with Crippen LogP contribution in [0.3, 0.4) is 0 Å². The van der Waals surface area contributed by atoms with Crippen LogP contribution in [0.4, 0.5) is 0 Å². The molecule has 1 aliphatic rings. The van der Waals surface area contributed by atoms with E-state index in [0.717, 1.165) is 0 Å². The Balaban J connectivity index is 2.10. The first-order valence-corrected chi connectivity index (χ1v) is 13.6. The van der Waals surface area contributed by atoms with Gasteiger partial charge >= 0.3 is 98.0 Å². The number of nitrogens with zero attached hydrogens (tertiary/aromatic N) is 1.